The van der Waals surface area contributed by atoms with Crippen LogP contribution in [0.1, 0.15) is 0 Å². The molecule has 11 rings (SSSR count). The fourth-order valence-corrected chi connectivity index (χ4v) is 9.35. The van der Waals surface area contributed by atoms with Gasteiger partial charge in [-0.2, -0.15) is 0 Å². The normalized spacial score (nSPS) is 11.9. The van der Waals surface area contributed by atoms with Crippen LogP contribution in [-0.4, -0.2) is 15.0 Å². The van der Waals surface area contributed by atoms with Gasteiger partial charge in [0.15, 0.2) is 17.5 Å². The van der Waals surface area contributed by atoms with Crippen LogP contribution in [0.2, 0.25) is 0 Å². The first-order valence-corrected chi connectivity index (χ1v) is 19.6. The van der Waals surface area contributed by atoms with Crippen molar-refractivity contribution in [2.75, 3.05) is 4.90 Å². The first kappa shape index (κ1) is 32.2. The lowest BCUT2D eigenvalue weighted by molar-refractivity contribution is 1.07. The number of anilines is 3. The molecule has 0 unspecified atom stereocenters. The van der Waals surface area contributed by atoms with Gasteiger partial charge >= 0.3 is 0 Å². The van der Waals surface area contributed by atoms with Gasteiger partial charge in [-0.1, -0.05) is 158 Å². The van der Waals surface area contributed by atoms with Gasteiger partial charge in [0.05, 0.1) is 11.4 Å². The molecule has 56 heavy (non-hydrogen) atoms. The van der Waals surface area contributed by atoms with Gasteiger partial charge in [-0.3, -0.25) is 0 Å². The Morgan fingerprint density at radius 3 is 1.71 bits per heavy atom. The van der Waals surface area contributed by atoms with E-state index in [1.54, 1.807) is 0 Å². The summed E-state index contributed by atoms with van der Waals surface area (Å²) in [7, 11) is 0. The minimum atomic E-state index is 0.635. The number of rotatable bonds is 5. The van der Waals surface area contributed by atoms with Gasteiger partial charge in [0.2, 0.25) is 0 Å². The Kier molecular flexibility index (Phi) is 7.64. The topological polar surface area (TPSA) is 41.9 Å². The lowest BCUT2D eigenvalue weighted by atomic mass is 9.96. The molecule has 0 aliphatic carbocycles. The standard InChI is InChI=1S/C51H32N4S/c1-3-16-34(17-4-1)49-52-50(35-18-5-2-6-19-35)54-51(53-49)38-22-13-20-36(31-38)37-21-14-23-39(32-37)55-43-27-11-9-25-41(43)46-42-26-10-12-28-45(42)56-48(46)47-40-24-8-7-15-33(40)29-30-44(47)55/h1-32H. The second-order valence-electron chi connectivity index (χ2n) is 14.0. The van der Waals surface area contributed by atoms with E-state index in [-0.39, 0.29) is 0 Å². The van der Waals surface area contributed by atoms with Crippen LogP contribution in [0.4, 0.5) is 17.1 Å². The molecular weight excluding hydrogens is 701 g/mol. The maximum Gasteiger partial charge on any atom is 0.164 e. The first-order valence-electron chi connectivity index (χ1n) is 18.8. The largest absolute Gasteiger partial charge is 0.309 e. The predicted molar refractivity (Wildman–Crippen MR) is 234 cm³/mol. The molecule has 0 saturated carbocycles. The molecule has 3 heterocycles. The van der Waals surface area contributed by atoms with Crippen LogP contribution in [0, 0.1) is 0 Å². The Morgan fingerprint density at radius 1 is 0.375 bits per heavy atom. The molecule has 0 radical (unpaired) electrons. The van der Waals surface area contributed by atoms with E-state index in [2.05, 4.69) is 138 Å². The van der Waals surface area contributed by atoms with Crippen LogP contribution in [0.3, 0.4) is 0 Å². The minimum absolute atomic E-state index is 0.635. The molecular formula is C51H32N4S. The molecule has 0 bridgehead atoms. The maximum absolute atomic E-state index is 5.02. The molecule has 5 heteroatoms. The molecule has 1 aliphatic heterocycles. The summed E-state index contributed by atoms with van der Waals surface area (Å²) < 4.78 is 1.30. The average Bonchev–Trinajstić information content (AvgIpc) is 3.60. The van der Waals surface area contributed by atoms with Crippen LogP contribution >= 0.6 is 11.3 Å². The highest BCUT2D eigenvalue weighted by Crippen LogP contribution is 2.57. The zero-order valence-electron chi connectivity index (χ0n) is 30.2. The molecule has 0 saturated heterocycles. The number of thiophene rings is 1. The summed E-state index contributed by atoms with van der Waals surface area (Å²) in [5.41, 5.74) is 12.2. The van der Waals surface area contributed by atoms with E-state index >= 15 is 0 Å². The number of fused-ring (bicyclic) bond motifs is 9. The number of aromatic nitrogens is 3. The Morgan fingerprint density at radius 2 is 0.946 bits per heavy atom. The number of benzene rings is 8. The third-order valence-electron chi connectivity index (χ3n) is 10.6. The van der Waals surface area contributed by atoms with Crippen LogP contribution in [0.5, 0.6) is 0 Å². The van der Waals surface area contributed by atoms with E-state index in [9.17, 15) is 0 Å². The molecule has 0 spiro atoms. The number of nitrogens with zero attached hydrogens (tertiary/aromatic N) is 4. The van der Waals surface area contributed by atoms with E-state index in [1.807, 2.05) is 72.0 Å². The lowest BCUT2D eigenvalue weighted by Crippen LogP contribution is -2.11. The van der Waals surface area contributed by atoms with Crippen molar-refractivity contribution in [3.8, 4) is 66.9 Å². The van der Waals surface area contributed by atoms with Gasteiger partial charge in [-0.25, -0.2) is 15.0 Å². The molecule has 0 fully saturated rings. The van der Waals surface area contributed by atoms with Crippen LogP contribution in [-0.2, 0) is 0 Å². The Labute approximate surface area is 328 Å². The number of para-hydroxylation sites is 1. The van der Waals surface area contributed by atoms with Gasteiger partial charge < -0.3 is 4.90 Å². The zero-order valence-corrected chi connectivity index (χ0v) is 31.0. The van der Waals surface area contributed by atoms with E-state index in [1.165, 1.54) is 48.1 Å². The first-order chi connectivity index (χ1) is 27.8. The van der Waals surface area contributed by atoms with Crippen molar-refractivity contribution in [3.05, 3.63) is 194 Å². The summed E-state index contributed by atoms with van der Waals surface area (Å²) in [5.74, 6) is 1.93. The lowest BCUT2D eigenvalue weighted by Gasteiger charge is -2.28. The Balaban J connectivity index is 1.08. The van der Waals surface area contributed by atoms with Crippen LogP contribution in [0.15, 0.2) is 194 Å². The molecule has 0 amide bonds. The van der Waals surface area contributed by atoms with E-state index in [0.29, 0.717) is 17.5 Å². The maximum atomic E-state index is 5.02. The number of hydrogen-bond donors (Lipinski definition) is 0. The fourth-order valence-electron chi connectivity index (χ4n) is 8.06. The minimum Gasteiger partial charge on any atom is -0.309 e. The highest BCUT2D eigenvalue weighted by atomic mass is 32.1. The van der Waals surface area contributed by atoms with E-state index in [4.69, 9.17) is 15.0 Å². The quantitative estimate of drug-likeness (QED) is 0.177. The monoisotopic (exact) mass is 732 g/mol. The van der Waals surface area contributed by atoms with E-state index in [0.717, 1.165) is 39.2 Å². The Hall–Kier alpha value is -7.21. The summed E-state index contributed by atoms with van der Waals surface area (Å²) in [5, 5.41) is 3.77. The van der Waals surface area contributed by atoms with Crippen molar-refractivity contribution in [2.24, 2.45) is 0 Å². The third kappa shape index (κ3) is 5.40. The van der Waals surface area contributed by atoms with Gasteiger partial charge in [0.1, 0.15) is 0 Å². The fraction of sp³-hybridized carbons (Fsp3) is 0. The van der Waals surface area contributed by atoms with Crippen molar-refractivity contribution in [1.29, 1.82) is 0 Å². The summed E-state index contributed by atoms with van der Waals surface area (Å²) in [4.78, 5) is 18.7. The molecule has 8 aromatic carbocycles. The zero-order chi connectivity index (χ0) is 37.0. The highest BCUT2D eigenvalue weighted by Gasteiger charge is 2.30. The molecule has 2 aromatic heterocycles. The van der Waals surface area contributed by atoms with Gasteiger partial charge in [-0.05, 0) is 58.3 Å². The van der Waals surface area contributed by atoms with Crippen molar-refractivity contribution in [3.63, 3.8) is 0 Å². The van der Waals surface area contributed by atoms with Gasteiger partial charge in [0, 0.05) is 54.0 Å². The summed E-state index contributed by atoms with van der Waals surface area (Å²) in [6.07, 6.45) is 0. The second kappa shape index (κ2) is 13.3. The van der Waals surface area contributed by atoms with Crippen molar-refractivity contribution in [2.45, 2.75) is 0 Å². The molecule has 0 N–H and O–H groups in total. The van der Waals surface area contributed by atoms with Crippen molar-refractivity contribution in [1.82, 2.24) is 15.0 Å². The third-order valence-corrected chi connectivity index (χ3v) is 11.8. The molecule has 1 aliphatic rings. The summed E-state index contributed by atoms with van der Waals surface area (Å²) in [6, 6.07) is 68.7. The molecule has 10 aromatic rings. The molecule has 0 atom stereocenters. The summed E-state index contributed by atoms with van der Waals surface area (Å²) >= 11 is 1.89. The Bertz CT molecular complexity index is 3040. The number of hydrogen-bond acceptors (Lipinski definition) is 5. The van der Waals surface area contributed by atoms with Gasteiger partial charge in [0.25, 0.3) is 0 Å². The van der Waals surface area contributed by atoms with Crippen molar-refractivity contribution >= 4 is 49.3 Å². The molecule has 262 valence electrons. The predicted octanol–water partition coefficient (Wildman–Crippen LogP) is 14.0. The van der Waals surface area contributed by atoms with Crippen molar-refractivity contribution < 1.29 is 0 Å². The van der Waals surface area contributed by atoms with Crippen LogP contribution in [0.25, 0.3) is 87.7 Å². The molecule has 4 nitrogen and oxygen atoms in total. The van der Waals surface area contributed by atoms with Crippen LogP contribution < -0.4 is 4.90 Å². The van der Waals surface area contributed by atoms with Gasteiger partial charge in [-0.15, -0.1) is 11.3 Å². The average molecular weight is 733 g/mol. The SMILES string of the molecule is c1ccc(-c2nc(-c3ccccc3)nc(-c3cccc(-c4cccc(N5c6ccccc6-c6c(sc7ccccc67)-c6c5ccc5ccccc65)c4)c3)n2)cc1. The second-order valence-corrected chi connectivity index (χ2v) is 15.1. The smallest absolute Gasteiger partial charge is 0.164 e. The summed E-state index contributed by atoms with van der Waals surface area (Å²) in [6.45, 7) is 0. The highest BCUT2D eigenvalue weighted by molar-refractivity contribution is 7.23. The van der Waals surface area contributed by atoms with E-state index < -0.39 is 0 Å².